The molecule has 2 aliphatic rings. The van der Waals surface area contributed by atoms with Crippen LogP contribution in [0.15, 0.2) is 47.7 Å². The molecule has 1 saturated heterocycles. The van der Waals surface area contributed by atoms with Crippen LogP contribution in [0, 0.1) is 17.5 Å². The number of rotatable bonds is 8. The molecule has 15 heteroatoms. The number of hydrogen-bond donors (Lipinski definition) is 3. The van der Waals surface area contributed by atoms with Gasteiger partial charge >= 0.3 is 0 Å². The summed E-state index contributed by atoms with van der Waals surface area (Å²) in [7, 11) is 2.96. The smallest absolute Gasteiger partial charge is 0.261 e. The van der Waals surface area contributed by atoms with E-state index >= 15 is 13.2 Å². The average molecular weight is 690 g/mol. The zero-order chi connectivity index (χ0) is 35.4. The van der Waals surface area contributed by atoms with Gasteiger partial charge in [0, 0.05) is 55.2 Å². The number of pyridine rings is 1. The second-order valence-electron chi connectivity index (χ2n) is 12.6. The van der Waals surface area contributed by atoms with Gasteiger partial charge in [0.1, 0.15) is 17.6 Å². The van der Waals surface area contributed by atoms with Crippen LogP contribution in [-0.4, -0.2) is 59.8 Å². The number of ether oxygens (including phenoxy) is 3. The monoisotopic (exact) mass is 689 g/mol. The van der Waals surface area contributed by atoms with E-state index in [2.05, 4.69) is 20.6 Å². The zero-order valence-corrected chi connectivity index (χ0v) is 27.6. The van der Waals surface area contributed by atoms with Gasteiger partial charge in [0.2, 0.25) is 11.3 Å². The fourth-order valence-corrected chi connectivity index (χ4v) is 6.55. The van der Waals surface area contributed by atoms with E-state index in [0.29, 0.717) is 48.3 Å². The Hall–Kier alpha value is -5.57. The van der Waals surface area contributed by atoms with Crippen LogP contribution in [0.1, 0.15) is 43.1 Å². The number of halogens is 3. The molecule has 50 heavy (non-hydrogen) atoms. The Morgan fingerprint density at radius 3 is 2.34 bits per heavy atom. The normalized spacial score (nSPS) is 17.6. The first kappa shape index (κ1) is 33.0. The molecule has 0 bridgehead atoms. The Labute approximate surface area is 284 Å². The number of fused-ring (bicyclic) bond motifs is 2. The van der Waals surface area contributed by atoms with E-state index in [1.165, 1.54) is 43.4 Å². The van der Waals surface area contributed by atoms with Crippen LogP contribution >= 0.6 is 0 Å². The van der Waals surface area contributed by atoms with E-state index < -0.39 is 45.4 Å². The van der Waals surface area contributed by atoms with Crippen LogP contribution in [0.25, 0.3) is 21.8 Å². The van der Waals surface area contributed by atoms with E-state index in [4.69, 9.17) is 19.9 Å². The number of anilines is 3. The highest BCUT2D eigenvalue weighted by molar-refractivity contribution is 6.07. The maximum atomic E-state index is 16.4. The maximum Gasteiger partial charge on any atom is 0.261 e. The lowest BCUT2D eigenvalue weighted by Gasteiger charge is -2.38. The Balaban J connectivity index is 1.21. The number of nitrogens with two attached hydrogens (primary N) is 1. The molecule has 0 radical (unpaired) electrons. The van der Waals surface area contributed by atoms with Crippen LogP contribution in [0.5, 0.6) is 23.1 Å². The van der Waals surface area contributed by atoms with Crippen molar-refractivity contribution < 1.29 is 32.2 Å². The van der Waals surface area contributed by atoms with Crippen molar-refractivity contribution in [1.82, 2.24) is 19.9 Å². The number of amides is 1. The first-order chi connectivity index (χ1) is 24.0. The minimum atomic E-state index is -1.06. The van der Waals surface area contributed by atoms with Gasteiger partial charge in [-0.25, -0.2) is 23.1 Å². The molecule has 2 unspecified atom stereocenters. The number of piperazine rings is 1. The van der Waals surface area contributed by atoms with Crippen molar-refractivity contribution in [2.24, 2.45) is 0 Å². The molecule has 1 saturated carbocycles. The lowest BCUT2D eigenvalue weighted by Crippen LogP contribution is -2.54. The lowest BCUT2D eigenvalue weighted by molar-refractivity contribution is 0.102. The Morgan fingerprint density at radius 1 is 0.980 bits per heavy atom. The number of carbonyl (C=O) groups excluding carboxylic acids is 1. The molecule has 0 spiro atoms. The molecule has 2 aromatic heterocycles. The number of hydrogen-bond acceptors (Lipinski definition) is 10. The van der Waals surface area contributed by atoms with E-state index in [1.54, 1.807) is 17.0 Å². The molecule has 3 heterocycles. The van der Waals surface area contributed by atoms with Crippen LogP contribution < -0.4 is 40.9 Å². The van der Waals surface area contributed by atoms with Crippen molar-refractivity contribution >= 4 is 44.8 Å². The van der Waals surface area contributed by atoms with Crippen LogP contribution in [0.4, 0.5) is 30.2 Å². The van der Waals surface area contributed by atoms with Gasteiger partial charge in [-0.3, -0.25) is 9.59 Å². The molecule has 2 atom stereocenters. The third kappa shape index (κ3) is 5.76. The summed E-state index contributed by atoms with van der Waals surface area (Å²) in [6, 6.07) is 6.59. The van der Waals surface area contributed by atoms with E-state index in [9.17, 15) is 9.59 Å². The summed E-state index contributed by atoms with van der Waals surface area (Å²) in [6.45, 7) is 4.49. The molecule has 12 nitrogen and oxygen atoms in total. The summed E-state index contributed by atoms with van der Waals surface area (Å²) in [6.07, 6.45) is 3.86. The Bertz CT molecular complexity index is 2230. The van der Waals surface area contributed by atoms with Crippen LogP contribution in [-0.2, 0) is 0 Å². The quantitative estimate of drug-likeness (QED) is 0.178. The van der Waals surface area contributed by atoms with E-state index in [0.717, 1.165) is 6.07 Å². The predicted molar refractivity (Wildman–Crippen MR) is 182 cm³/mol. The standard InChI is InChI=1S/C35H34F3N7O5/c1-16-12-44(13-17(2)42-16)32-28(37)30(39)27-31(29(32)38)45(19-6-7-19)14-21(33(27)46)34(47)43-18-5-8-24(22(36)9-18)50-35-20-10-25(48-3)26(49-4)11-23(20)40-15-41-35/h5,8-11,14-17,19,42H,6-7,12-13,39H2,1-4H3,(H,43,47). The number of aromatic nitrogens is 3. The van der Waals surface area contributed by atoms with Gasteiger partial charge in [0.05, 0.1) is 41.7 Å². The van der Waals surface area contributed by atoms with Crippen molar-refractivity contribution in [3.8, 4) is 23.1 Å². The average Bonchev–Trinajstić information content (AvgIpc) is 3.93. The highest BCUT2D eigenvalue weighted by Gasteiger charge is 2.34. The third-order valence-electron chi connectivity index (χ3n) is 8.92. The molecule has 3 aromatic carbocycles. The SMILES string of the molecule is COc1cc2ncnc(Oc3ccc(NC(=O)c4cn(C5CC5)c5c(F)c(N6CC(C)NC(C)C6)c(F)c(N)c5c4=O)cc3F)c2cc1OC. The Morgan fingerprint density at radius 2 is 1.68 bits per heavy atom. The van der Waals surface area contributed by atoms with Gasteiger partial charge in [-0.1, -0.05) is 0 Å². The molecule has 5 aromatic rings. The number of nitrogen functional groups attached to an aromatic ring is 1. The van der Waals surface area contributed by atoms with Crippen molar-refractivity contribution in [2.75, 3.05) is 43.3 Å². The summed E-state index contributed by atoms with van der Waals surface area (Å²) in [5.74, 6) is -3.04. The number of benzene rings is 3. The second kappa shape index (κ2) is 12.7. The number of carbonyl (C=O) groups is 1. The van der Waals surface area contributed by atoms with Gasteiger partial charge in [-0.05, 0) is 44.9 Å². The summed E-state index contributed by atoms with van der Waals surface area (Å²) in [5.41, 5.74) is 4.36. The minimum Gasteiger partial charge on any atom is -0.493 e. The van der Waals surface area contributed by atoms with Crippen LogP contribution in [0.2, 0.25) is 0 Å². The number of nitrogens with zero attached hydrogens (tertiary/aromatic N) is 4. The first-order valence-electron chi connectivity index (χ1n) is 16.0. The fraction of sp³-hybridized carbons (Fsp3) is 0.314. The first-order valence-corrected chi connectivity index (χ1v) is 16.0. The molecule has 260 valence electrons. The van der Waals surface area contributed by atoms with E-state index in [1.807, 2.05) is 13.8 Å². The van der Waals surface area contributed by atoms with Gasteiger partial charge in [0.15, 0.2) is 34.7 Å². The summed E-state index contributed by atoms with van der Waals surface area (Å²) < 4.78 is 65.5. The molecule has 4 N–H and O–H groups in total. The number of nitrogens with one attached hydrogen (secondary N) is 2. The third-order valence-corrected chi connectivity index (χ3v) is 8.92. The lowest BCUT2D eigenvalue weighted by atomic mass is 10.0. The van der Waals surface area contributed by atoms with Gasteiger partial charge in [0.25, 0.3) is 5.91 Å². The molecule has 2 fully saturated rings. The van der Waals surface area contributed by atoms with Crippen molar-refractivity contribution in [3.05, 3.63) is 76.1 Å². The second-order valence-corrected chi connectivity index (χ2v) is 12.6. The minimum absolute atomic E-state index is 0.00102. The molecule has 1 aliphatic heterocycles. The van der Waals surface area contributed by atoms with Gasteiger partial charge in [-0.2, -0.15) is 0 Å². The van der Waals surface area contributed by atoms with Crippen molar-refractivity contribution in [3.63, 3.8) is 0 Å². The molecule has 7 rings (SSSR count). The summed E-state index contributed by atoms with van der Waals surface area (Å²) in [4.78, 5) is 37.2. The largest absolute Gasteiger partial charge is 0.493 e. The van der Waals surface area contributed by atoms with Crippen molar-refractivity contribution in [1.29, 1.82) is 0 Å². The Kier molecular flexibility index (Phi) is 8.38. The van der Waals surface area contributed by atoms with Gasteiger partial charge in [-0.15, -0.1) is 0 Å². The van der Waals surface area contributed by atoms with Gasteiger partial charge < -0.3 is 40.0 Å². The molecule has 1 amide bonds. The molecule has 1 aliphatic carbocycles. The predicted octanol–water partition coefficient (Wildman–Crippen LogP) is 5.53. The summed E-state index contributed by atoms with van der Waals surface area (Å²) in [5, 5.41) is 5.86. The molecular formula is C35H34F3N7O5. The van der Waals surface area contributed by atoms with E-state index in [-0.39, 0.29) is 46.6 Å². The summed E-state index contributed by atoms with van der Waals surface area (Å²) >= 11 is 0. The fourth-order valence-electron chi connectivity index (χ4n) is 6.55. The highest BCUT2D eigenvalue weighted by atomic mass is 19.1. The molecular weight excluding hydrogens is 655 g/mol. The highest BCUT2D eigenvalue weighted by Crippen LogP contribution is 2.42. The number of methoxy groups -OCH3 is 2. The zero-order valence-electron chi connectivity index (χ0n) is 27.6. The van der Waals surface area contributed by atoms with Crippen LogP contribution in [0.3, 0.4) is 0 Å². The topological polar surface area (TPSA) is 146 Å². The van der Waals surface area contributed by atoms with Crippen molar-refractivity contribution in [2.45, 2.75) is 44.8 Å². The maximum absolute atomic E-state index is 16.4.